The summed E-state index contributed by atoms with van der Waals surface area (Å²) < 4.78 is 0. The standard InChI is InChI=1S/C15H17ClN2O/c1-2-10-18(11-8-16)15(19)13-7-3-5-12-6-4-9-17-14(12)13/h3-7,9H,2,8,10-11H2,1H3. The first-order chi connectivity index (χ1) is 9.27. The minimum atomic E-state index is 0.00630. The fourth-order valence-corrected chi connectivity index (χ4v) is 2.34. The van der Waals surface area contributed by atoms with Crippen LogP contribution in [0.25, 0.3) is 10.9 Å². The van der Waals surface area contributed by atoms with Crippen LogP contribution in [0.15, 0.2) is 36.5 Å². The molecule has 1 aromatic carbocycles. The van der Waals surface area contributed by atoms with E-state index < -0.39 is 0 Å². The molecule has 4 heteroatoms. The summed E-state index contributed by atoms with van der Waals surface area (Å²) in [7, 11) is 0. The van der Waals surface area contributed by atoms with Gasteiger partial charge in [0.25, 0.3) is 5.91 Å². The van der Waals surface area contributed by atoms with E-state index in [0.29, 0.717) is 18.0 Å². The summed E-state index contributed by atoms with van der Waals surface area (Å²) in [5.74, 6) is 0.455. The summed E-state index contributed by atoms with van der Waals surface area (Å²) in [6.07, 6.45) is 2.63. The Morgan fingerprint density at radius 1 is 1.26 bits per heavy atom. The first-order valence-electron chi connectivity index (χ1n) is 6.47. The number of rotatable bonds is 5. The number of amides is 1. The van der Waals surface area contributed by atoms with Crippen LogP contribution in [0, 0.1) is 0 Å². The molecule has 3 nitrogen and oxygen atoms in total. The molecular formula is C15H17ClN2O. The van der Waals surface area contributed by atoms with Crippen molar-refractivity contribution < 1.29 is 4.79 Å². The first-order valence-corrected chi connectivity index (χ1v) is 7.00. The van der Waals surface area contributed by atoms with E-state index in [0.717, 1.165) is 23.9 Å². The van der Waals surface area contributed by atoms with E-state index in [4.69, 9.17) is 11.6 Å². The molecule has 0 radical (unpaired) electrons. The average molecular weight is 277 g/mol. The van der Waals surface area contributed by atoms with Gasteiger partial charge in [-0.1, -0.05) is 25.1 Å². The van der Waals surface area contributed by atoms with Crippen molar-refractivity contribution in [2.24, 2.45) is 0 Å². The lowest BCUT2D eigenvalue weighted by molar-refractivity contribution is 0.0767. The molecule has 19 heavy (non-hydrogen) atoms. The van der Waals surface area contributed by atoms with Crippen molar-refractivity contribution >= 4 is 28.4 Å². The lowest BCUT2D eigenvalue weighted by Gasteiger charge is -2.21. The summed E-state index contributed by atoms with van der Waals surface area (Å²) in [5, 5.41) is 0.982. The Hall–Kier alpha value is -1.61. The van der Waals surface area contributed by atoms with Crippen molar-refractivity contribution in [3.63, 3.8) is 0 Å². The maximum atomic E-state index is 12.6. The largest absolute Gasteiger partial charge is 0.337 e. The number of halogens is 1. The summed E-state index contributed by atoms with van der Waals surface area (Å²) in [4.78, 5) is 18.7. The third-order valence-electron chi connectivity index (χ3n) is 3.00. The topological polar surface area (TPSA) is 33.2 Å². The Labute approximate surface area is 118 Å². The van der Waals surface area contributed by atoms with Gasteiger partial charge in [0, 0.05) is 30.6 Å². The third-order valence-corrected chi connectivity index (χ3v) is 3.17. The second kappa shape index (κ2) is 6.53. The highest BCUT2D eigenvalue weighted by molar-refractivity contribution is 6.18. The Kier molecular flexibility index (Phi) is 4.74. The van der Waals surface area contributed by atoms with Crippen LogP contribution in [0.4, 0.5) is 0 Å². The molecule has 1 amide bonds. The molecule has 2 aromatic rings. The Morgan fingerprint density at radius 2 is 2.05 bits per heavy atom. The number of aromatic nitrogens is 1. The number of fused-ring (bicyclic) bond motifs is 1. The van der Waals surface area contributed by atoms with Gasteiger partial charge >= 0.3 is 0 Å². The number of para-hydroxylation sites is 1. The zero-order valence-electron chi connectivity index (χ0n) is 11.0. The molecule has 0 fully saturated rings. The van der Waals surface area contributed by atoms with Crippen molar-refractivity contribution in [2.75, 3.05) is 19.0 Å². The van der Waals surface area contributed by atoms with Crippen LogP contribution in [0.3, 0.4) is 0 Å². The summed E-state index contributed by atoms with van der Waals surface area (Å²) in [5.41, 5.74) is 1.40. The predicted molar refractivity (Wildman–Crippen MR) is 78.7 cm³/mol. The highest BCUT2D eigenvalue weighted by atomic mass is 35.5. The molecule has 0 N–H and O–H groups in total. The van der Waals surface area contributed by atoms with Gasteiger partial charge < -0.3 is 4.90 Å². The predicted octanol–water partition coefficient (Wildman–Crippen LogP) is 3.33. The average Bonchev–Trinajstić information content (AvgIpc) is 2.46. The van der Waals surface area contributed by atoms with Gasteiger partial charge in [0.05, 0.1) is 11.1 Å². The van der Waals surface area contributed by atoms with Crippen LogP contribution in [0.1, 0.15) is 23.7 Å². The monoisotopic (exact) mass is 276 g/mol. The summed E-state index contributed by atoms with van der Waals surface area (Å²) in [6.45, 7) is 3.34. The molecule has 1 heterocycles. The number of alkyl halides is 1. The quantitative estimate of drug-likeness (QED) is 0.785. The SMILES string of the molecule is CCCN(CCCl)C(=O)c1cccc2cccnc12. The van der Waals surface area contributed by atoms with Crippen LogP contribution in [-0.2, 0) is 0 Å². The minimum Gasteiger partial charge on any atom is -0.337 e. The van der Waals surface area contributed by atoms with Crippen LogP contribution in [0.5, 0.6) is 0 Å². The molecule has 2 rings (SSSR count). The molecule has 0 aliphatic carbocycles. The van der Waals surface area contributed by atoms with E-state index in [1.807, 2.05) is 30.3 Å². The smallest absolute Gasteiger partial charge is 0.256 e. The van der Waals surface area contributed by atoms with Crippen LogP contribution >= 0.6 is 11.6 Å². The fraction of sp³-hybridized carbons (Fsp3) is 0.333. The van der Waals surface area contributed by atoms with Gasteiger partial charge in [0.1, 0.15) is 0 Å². The van der Waals surface area contributed by atoms with E-state index in [1.54, 1.807) is 11.1 Å². The second-order valence-corrected chi connectivity index (χ2v) is 4.74. The zero-order chi connectivity index (χ0) is 13.7. The fourth-order valence-electron chi connectivity index (χ4n) is 2.13. The molecule has 0 unspecified atom stereocenters. The summed E-state index contributed by atoms with van der Waals surface area (Å²) >= 11 is 5.77. The minimum absolute atomic E-state index is 0.00630. The van der Waals surface area contributed by atoms with Gasteiger partial charge in [-0.25, -0.2) is 0 Å². The molecule has 0 aliphatic heterocycles. The van der Waals surface area contributed by atoms with E-state index in [2.05, 4.69) is 11.9 Å². The van der Waals surface area contributed by atoms with Gasteiger partial charge in [0.2, 0.25) is 0 Å². The van der Waals surface area contributed by atoms with Crippen LogP contribution in [0.2, 0.25) is 0 Å². The normalized spacial score (nSPS) is 10.6. The molecule has 0 atom stereocenters. The maximum absolute atomic E-state index is 12.6. The first kappa shape index (κ1) is 13.8. The lowest BCUT2D eigenvalue weighted by Crippen LogP contribution is -2.33. The lowest BCUT2D eigenvalue weighted by atomic mass is 10.1. The zero-order valence-corrected chi connectivity index (χ0v) is 11.7. The van der Waals surface area contributed by atoms with Crippen molar-refractivity contribution in [3.05, 3.63) is 42.1 Å². The van der Waals surface area contributed by atoms with Crippen molar-refractivity contribution in [1.29, 1.82) is 0 Å². The number of hydrogen-bond acceptors (Lipinski definition) is 2. The van der Waals surface area contributed by atoms with E-state index >= 15 is 0 Å². The molecule has 100 valence electrons. The second-order valence-electron chi connectivity index (χ2n) is 4.36. The number of nitrogens with zero attached hydrogens (tertiary/aromatic N) is 2. The number of benzene rings is 1. The van der Waals surface area contributed by atoms with E-state index in [1.165, 1.54) is 0 Å². The highest BCUT2D eigenvalue weighted by Gasteiger charge is 2.17. The highest BCUT2D eigenvalue weighted by Crippen LogP contribution is 2.17. The molecule has 0 saturated carbocycles. The van der Waals surface area contributed by atoms with Crippen molar-refractivity contribution in [2.45, 2.75) is 13.3 Å². The third kappa shape index (κ3) is 3.04. The summed E-state index contributed by atoms with van der Waals surface area (Å²) in [6, 6.07) is 9.52. The van der Waals surface area contributed by atoms with Crippen LogP contribution in [-0.4, -0.2) is 34.8 Å². The Morgan fingerprint density at radius 3 is 2.79 bits per heavy atom. The molecule has 0 aliphatic rings. The van der Waals surface area contributed by atoms with Gasteiger partial charge in [-0.3, -0.25) is 9.78 Å². The maximum Gasteiger partial charge on any atom is 0.256 e. The molecule has 1 aromatic heterocycles. The van der Waals surface area contributed by atoms with Gasteiger partial charge in [0.15, 0.2) is 0 Å². The number of carbonyl (C=O) groups excluding carboxylic acids is 1. The van der Waals surface area contributed by atoms with Crippen molar-refractivity contribution in [3.8, 4) is 0 Å². The Balaban J connectivity index is 2.39. The van der Waals surface area contributed by atoms with Crippen LogP contribution < -0.4 is 0 Å². The number of pyridine rings is 1. The van der Waals surface area contributed by atoms with Gasteiger partial charge in [-0.05, 0) is 18.6 Å². The van der Waals surface area contributed by atoms with Gasteiger partial charge in [-0.2, -0.15) is 0 Å². The molecule has 0 spiro atoms. The number of hydrogen-bond donors (Lipinski definition) is 0. The number of carbonyl (C=O) groups is 1. The molecule has 0 bridgehead atoms. The Bertz CT molecular complexity index is 560. The van der Waals surface area contributed by atoms with E-state index in [-0.39, 0.29) is 5.91 Å². The molecule has 0 saturated heterocycles. The van der Waals surface area contributed by atoms with Gasteiger partial charge in [-0.15, -0.1) is 11.6 Å². The molecular weight excluding hydrogens is 260 g/mol. The van der Waals surface area contributed by atoms with E-state index in [9.17, 15) is 4.79 Å². The van der Waals surface area contributed by atoms with Crippen molar-refractivity contribution in [1.82, 2.24) is 9.88 Å².